The molecule has 0 saturated carbocycles. The molecule has 0 saturated heterocycles. The molecule has 0 nitrogen and oxygen atoms in total. The predicted octanol–water partition coefficient (Wildman–Crippen LogP) is 1.60. The first-order chi connectivity index (χ1) is 5.81. The van der Waals surface area contributed by atoms with Crippen molar-refractivity contribution in [3.63, 3.8) is 0 Å². The van der Waals surface area contributed by atoms with E-state index < -0.39 is 0 Å². The summed E-state index contributed by atoms with van der Waals surface area (Å²) >= 11 is 0. The van der Waals surface area contributed by atoms with Crippen molar-refractivity contribution in [1.29, 1.82) is 0 Å². The van der Waals surface area contributed by atoms with Crippen LogP contribution >= 0.6 is 0 Å². The second-order valence-electron chi connectivity index (χ2n) is 3.86. The van der Waals surface area contributed by atoms with Gasteiger partial charge in [-0.3, -0.25) is 0 Å². The maximum absolute atomic E-state index is 4.17. The molecule has 0 N–H and O–H groups in total. The van der Waals surface area contributed by atoms with E-state index in [9.17, 15) is 0 Å². The van der Waals surface area contributed by atoms with Gasteiger partial charge in [-0.2, -0.15) is 5.92 Å². The Morgan fingerprint density at radius 2 is 1.36 bits per heavy atom. The standard InChI is InChI=1S/C12H25.BrH.Zn/c1-4-6-8-9-11-12(3)10-7-5-2;;/h12H,3-11H2,1-2H3;1H;/q-1;;+2/p-1. The summed E-state index contributed by atoms with van der Waals surface area (Å²) in [5.41, 5.74) is 0. The Balaban J connectivity index is -0.000000605. The topological polar surface area (TPSA) is 0 Å². The van der Waals surface area contributed by atoms with Crippen LogP contribution in [0.3, 0.4) is 0 Å². The molecular weight excluding hydrogens is 289 g/mol. The maximum atomic E-state index is 4.17. The van der Waals surface area contributed by atoms with E-state index in [0.717, 1.165) is 5.92 Å². The Morgan fingerprint density at radius 1 is 0.857 bits per heavy atom. The van der Waals surface area contributed by atoms with Crippen LogP contribution in [0.25, 0.3) is 0 Å². The molecule has 14 heavy (non-hydrogen) atoms. The minimum absolute atomic E-state index is 0. The van der Waals surface area contributed by atoms with Gasteiger partial charge in [0.25, 0.3) is 0 Å². The van der Waals surface area contributed by atoms with E-state index in [1.165, 1.54) is 51.4 Å². The second kappa shape index (κ2) is 16.5. The first-order valence-electron chi connectivity index (χ1n) is 5.64. The average molecular weight is 315 g/mol. The molecule has 0 aliphatic carbocycles. The van der Waals surface area contributed by atoms with Crippen molar-refractivity contribution in [2.24, 2.45) is 5.92 Å². The van der Waals surface area contributed by atoms with Crippen molar-refractivity contribution in [3.05, 3.63) is 6.92 Å². The van der Waals surface area contributed by atoms with Crippen LogP contribution in [0.2, 0.25) is 0 Å². The van der Waals surface area contributed by atoms with Gasteiger partial charge in [0.2, 0.25) is 0 Å². The Kier molecular flexibility index (Phi) is 24.2. The molecule has 0 rings (SSSR count). The third kappa shape index (κ3) is 15.6. The molecule has 0 aliphatic rings. The third-order valence-corrected chi connectivity index (χ3v) is 2.43. The van der Waals surface area contributed by atoms with Gasteiger partial charge in [0.15, 0.2) is 0 Å². The van der Waals surface area contributed by atoms with Crippen LogP contribution in [0.5, 0.6) is 0 Å². The van der Waals surface area contributed by atoms with Crippen LogP contribution in [-0.2, 0) is 19.5 Å². The minimum Gasteiger partial charge on any atom is -1.00 e. The Morgan fingerprint density at radius 3 is 1.86 bits per heavy atom. The van der Waals surface area contributed by atoms with Crippen molar-refractivity contribution in [2.75, 3.05) is 0 Å². The number of hydrogen-bond acceptors (Lipinski definition) is 0. The monoisotopic (exact) mass is 312 g/mol. The number of unbranched alkanes of at least 4 members (excludes halogenated alkanes) is 4. The van der Waals surface area contributed by atoms with E-state index in [1.807, 2.05) is 0 Å². The normalized spacial score (nSPS) is 11.4. The summed E-state index contributed by atoms with van der Waals surface area (Å²) in [6.07, 6.45) is 10.9. The largest absolute Gasteiger partial charge is 2.00 e. The summed E-state index contributed by atoms with van der Waals surface area (Å²) in [6, 6.07) is 0. The minimum atomic E-state index is 0. The molecule has 82 valence electrons. The van der Waals surface area contributed by atoms with Crippen molar-refractivity contribution in [2.45, 2.75) is 65.2 Å². The predicted molar refractivity (Wildman–Crippen MR) is 57.1 cm³/mol. The van der Waals surface area contributed by atoms with E-state index in [4.69, 9.17) is 0 Å². The van der Waals surface area contributed by atoms with Gasteiger partial charge >= 0.3 is 19.5 Å². The summed E-state index contributed by atoms with van der Waals surface area (Å²) < 4.78 is 0. The van der Waals surface area contributed by atoms with Gasteiger partial charge in [0.05, 0.1) is 0 Å². The zero-order valence-corrected chi connectivity index (χ0v) is 14.6. The number of hydrogen-bond donors (Lipinski definition) is 0. The van der Waals surface area contributed by atoms with Crippen molar-refractivity contribution in [1.82, 2.24) is 0 Å². The Labute approximate surface area is 114 Å². The molecule has 1 atom stereocenters. The molecule has 0 spiro atoms. The molecule has 0 aromatic rings. The zero-order valence-electron chi connectivity index (χ0n) is 10.0. The van der Waals surface area contributed by atoms with Crippen LogP contribution in [-0.4, -0.2) is 0 Å². The molecule has 0 bridgehead atoms. The molecule has 0 fully saturated rings. The molecule has 0 aromatic heterocycles. The van der Waals surface area contributed by atoms with Crippen LogP contribution in [0.4, 0.5) is 0 Å². The van der Waals surface area contributed by atoms with Crippen LogP contribution in [0, 0.1) is 12.8 Å². The van der Waals surface area contributed by atoms with E-state index >= 15 is 0 Å². The third-order valence-electron chi connectivity index (χ3n) is 2.43. The van der Waals surface area contributed by atoms with Crippen molar-refractivity contribution < 1.29 is 36.5 Å². The van der Waals surface area contributed by atoms with E-state index in [-0.39, 0.29) is 36.5 Å². The smallest absolute Gasteiger partial charge is 1.00 e. The molecule has 1 unspecified atom stereocenters. The quantitative estimate of drug-likeness (QED) is 0.363. The molecule has 0 radical (unpaired) electrons. The van der Waals surface area contributed by atoms with Gasteiger partial charge in [-0.1, -0.05) is 65.2 Å². The fraction of sp³-hybridized carbons (Fsp3) is 0.917. The Hall–Kier alpha value is 1.10. The van der Waals surface area contributed by atoms with Gasteiger partial charge in [0, 0.05) is 0 Å². The van der Waals surface area contributed by atoms with Gasteiger partial charge < -0.3 is 23.9 Å². The van der Waals surface area contributed by atoms with E-state index in [2.05, 4.69) is 20.8 Å². The summed E-state index contributed by atoms with van der Waals surface area (Å²) in [5.74, 6) is 0.724. The fourth-order valence-corrected chi connectivity index (χ4v) is 1.50. The second-order valence-corrected chi connectivity index (χ2v) is 3.86. The molecule has 0 heterocycles. The number of halogens is 1. The molecule has 2 heteroatoms. The molecular formula is C12H25BrZn. The fourth-order valence-electron chi connectivity index (χ4n) is 1.50. The van der Waals surface area contributed by atoms with Crippen LogP contribution in [0.1, 0.15) is 65.2 Å². The van der Waals surface area contributed by atoms with Crippen LogP contribution in [0.15, 0.2) is 0 Å². The van der Waals surface area contributed by atoms with Crippen molar-refractivity contribution >= 4 is 0 Å². The molecule has 0 amide bonds. The van der Waals surface area contributed by atoms with E-state index in [0.29, 0.717) is 0 Å². The van der Waals surface area contributed by atoms with Gasteiger partial charge in [-0.05, 0) is 0 Å². The van der Waals surface area contributed by atoms with E-state index in [1.54, 1.807) is 0 Å². The molecule has 0 aliphatic heterocycles. The molecule has 0 aromatic carbocycles. The van der Waals surface area contributed by atoms with Gasteiger partial charge in [-0.25, -0.2) is 0 Å². The van der Waals surface area contributed by atoms with Crippen molar-refractivity contribution in [3.8, 4) is 0 Å². The summed E-state index contributed by atoms with van der Waals surface area (Å²) in [4.78, 5) is 0. The first-order valence-corrected chi connectivity index (χ1v) is 5.64. The maximum Gasteiger partial charge on any atom is 2.00 e. The zero-order chi connectivity index (χ0) is 9.23. The Bertz CT molecular complexity index is 86.4. The summed E-state index contributed by atoms with van der Waals surface area (Å²) in [6.45, 7) is 8.69. The van der Waals surface area contributed by atoms with Crippen LogP contribution < -0.4 is 17.0 Å². The average Bonchev–Trinajstić information content (AvgIpc) is 2.09. The first kappa shape index (κ1) is 20.5. The number of rotatable bonds is 8. The SMILES string of the molecule is [Br-].[CH2-]C(CCCC)CCCCCC.[Zn+2]. The van der Waals surface area contributed by atoms with Gasteiger partial charge in [-0.15, -0.1) is 0 Å². The summed E-state index contributed by atoms with van der Waals surface area (Å²) in [7, 11) is 0. The summed E-state index contributed by atoms with van der Waals surface area (Å²) in [5, 5.41) is 0. The van der Waals surface area contributed by atoms with Gasteiger partial charge in [0.1, 0.15) is 0 Å².